The first-order chi connectivity index (χ1) is 11.9. The van der Waals surface area contributed by atoms with Gasteiger partial charge in [-0.15, -0.1) is 0 Å². The van der Waals surface area contributed by atoms with Crippen LogP contribution < -0.4 is 9.80 Å². The van der Waals surface area contributed by atoms with E-state index in [2.05, 4.69) is 72.2 Å². The number of nitrogens with zero attached hydrogens (tertiary/aromatic N) is 2. The van der Waals surface area contributed by atoms with Crippen molar-refractivity contribution >= 4 is 46.2 Å². The van der Waals surface area contributed by atoms with Crippen molar-refractivity contribution in [2.45, 2.75) is 36.6 Å². The summed E-state index contributed by atoms with van der Waals surface area (Å²) in [4.78, 5) is 4.36. The number of benzene rings is 2. The maximum atomic E-state index is 6.39. The van der Waals surface area contributed by atoms with Crippen molar-refractivity contribution in [3.8, 4) is 0 Å². The topological polar surface area (TPSA) is 6.48 Å². The molecule has 0 spiro atoms. The van der Waals surface area contributed by atoms with Gasteiger partial charge in [0, 0.05) is 24.5 Å². The Morgan fingerprint density at radius 3 is 1.40 bits per heavy atom. The van der Waals surface area contributed by atoms with Crippen molar-refractivity contribution in [3.05, 3.63) is 59.7 Å². The standard InChI is InChI=1S/C20H23Cl3N2/c1-3-15-5-9-17(10-6-15)24-13-14-25(19(24)20(21,22)23)18-11-7-16(4-2)8-12-18/h5-12,19H,3-4,13-14H2,1-2H3. The minimum atomic E-state index is -1.41. The summed E-state index contributed by atoms with van der Waals surface area (Å²) in [5.41, 5.74) is 4.78. The molecule has 0 N–H and O–H groups in total. The Balaban J connectivity index is 1.92. The Morgan fingerprint density at radius 2 is 1.12 bits per heavy atom. The summed E-state index contributed by atoms with van der Waals surface area (Å²) in [6.45, 7) is 5.94. The van der Waals surface area contributed by atoms with Gasteiger partial charge in [0.1, 0.15) is 0 Å². The molecule has 0 aromatic heterocycles. The molecule has 0 unspecified atom stereocenters. The van der Waals surface area contributed by atoms with E-state index in [1.165, 1.54) is 11.1 Å². The number of rotatable bonds is 4. The average Bonchev–Trinajstić information content (AvgIpc) is 3.07. The smallest absolute Gasteiger partial charge is 0.228 e. The van der Waals surface area contributed by atoms with Crippen LogP contribution >= 0.6 is 34.8 Å². The van der Waals surface area contributed by atoms with E-state index >= 15 is 0 Å². The van der Waals surface area contributed by atoms with Crippen molar-refractivity contribution in [1.82, 2.24) is 0 Å². The molecule has 134 valence electrons. The van der Waals surface area contributed by atoms with Crippen molar-refractivity contribution in [2.75, 3.05) is 22.9 Å². The zero-order chi connectivity index (χ0) is 18.0. The lowest BCUT2D eigenvalue weighted by atomic mass is 10.1. The summed E-state index contributed by atoms with van der Waals surface area (Å²) < 4.78 is -1.41. The first-order valence-corrected chi connectivity index (χ1v) is 9.85. The van der Waals surface area contributed by atoms with E-state index in [4.69, 9.17) is 34.8 Å². The van der Waals surface area contributed by atoms with Gasteiger partial charge < -0.3 is 9.80 Å². The van der Waals surface area contributed by atoms with Crippen molar-refractivity contribution in [3.63, 3.8) is 0 Å². The van der Waals surface area contributed by atoms with Gasteiger partial charge in [-0.25, -0.2) is 0 Å². The van der Waals surface area contributed by atoms with E-state index in [1.807, 2.05) is 0 Å². The zero-order valence-electron chi connectivity index (χ0n) is 14.6. The molecule has 1 saturated heterocycles. The molecule has 0 radical (unpaired) electrons. The Morgan fingerprint density at radius 1 is 0.760 bits per heavy atom. The Kier molecular flexibility index (Phi) is 5.72. The van der Waals surface area contributed by atoms with Crippen LogP contribution in [0.25, 0.3) is 0 Å². The van der Waals surface area contributed by atoms with Gasteiger partial charge in [0.15, 0.2) is 6.17 Å². The van der Waals surface area contributed by atoms with Crippen molar-refractivity contribution < 1.29 is 0 Å². The van der Waals surface area contributed by atoms with E-state index in [1.54, 1.807) is 0 Å². The van der Waals surface area contributed by atoms with Gasteiger partial charge in [-0.2, -0.15) is 0 Å². The quantitative estimate of drug-likeness (QED) is 0.598. The molecule has 1 fully saturated rings. The van der Waals surface area contributed by atoms with Gasteiger partial charge in [0.2, 0.25) is 3.79 Å². The fraction of sp³-hybridized carbons (Fsp3) is 0.400. The fourth-order valence-electron chi connectivity index (χ4n) is 3.37. The lowest BCUT2D eigenvalue weighted by molar-refractivity contribution is 0.681. The van der Waals surface area contributed by atoms with Crippen LogP contribution in [-0.2, 0) is 12.8 Å². The lowest BCUT2D eigenvalue weighted by Gasteiger charge is -2.37. The first kappa shape index (κ1) is 18.7. The zero-order valence-corrected chi connectivity index (χ0v) is 16.8. The molecule has 3 rings (SSSR count). The van der Waals surface area contributed by atoms with Crippen LogP contribution in [0.1, 0.15) is 25.0 Å². The summed E-state index contributed by atoms with van der Waals surface area (Å²) in [6, 6.07) is 17.0. The third-order valence-corrected chi connectivity index (χ3v) is 5.40. The van der Waals surface area contributed by atoms with Crippen LogP contribution in [-0.4, -0.2) is 23.0 Å². The molecule has 0 saturated carbocycles. The van der Waals surface area contributed by atoms with Crippen LogP contribution in [0.15, 0.2) is 48.5 Å². The van der Waals surface area contributed by atoms with Crippen LogP contribution in [0.4, 0.5) is 11.4 Å². The van der Waals surface area contributed by atoms with Crippen LogP contribution in [0.2, 0.25) is 0 Å². The molecular weight excluding hydrogens is 375 g/mol. The number of halogens is 3. The minimum Gasteiger partial charge on any atom is -0.346 e. The van der Waals surface area contributed by atoms with Gasteiger partial charge >= 0.3 is 0 Å². The highest BCUT2D eigenvalue weighted by atomic mass is 35.6. The molecule has 0 aliphatic carbocycles. The monoisotopic (exact) mass is 396 g/mol. The number of hydrogen-bond donors (Lipinski definition) is 0. The minimum absolute atomic E-state index is 0.336. The third-order valence-electron chi connectivity index (χ3n) is 4.82. The number of alkyl halides is 3. The largest absolute Gasteiger partial charge is 0.346 e. The summed E-state index contributed by atoms with van der Waals surface area (Å²) in [6.07, 6.45) is 1.70. The number of hydrogen-bond acceptors (Lipinski definition) is 2. The molecule has 2 aromatic carbocycles. The maximum Gasteiger partial charge on any atom is 0.228 e. The second-order valence-electron chi connectivity index (χ2n) is 6.34. The summed E-state index contributed by atoms with van der Waals surface area (Å²) >= 11 is 19.2. The van der Waals surface area contributed by atoms with Crippen molar-refractivity contribution in [2.24, 2.45) is 0 Å². The Bertz CT molecular complexity index is 637. The molecule has 1 heterocycles. The molecule has 25 heavy (non-hydrogen) atoms. The molecule has 0 amide bonds. The predicted molar refractivity (Wildman–Crippen MR) is 110 cm³/mol. The first-order valence-electron chi connectivity index (χ1n) is 8.72. The van der Waals surface area contributed by atoms with Gasteiger partial charge in [0.25, 0.3) is 0 Å². The molecule has 2 nitrogen and oxygen atoms in total. The van der Waals surface area contributed by atoms with Gasteiger partial charge in [0.05, 0.1) is 0 Å². The highest BCUT2D eigenvalue weighted by Crippen LogP contribution is 2.41. The second kappa shape index (κ2) is 7.65. The molecule has 5 heteroatoms. The van der Waals surface area contributed by atoms with E-state index in [9.17, 15) is 0 Å². The van der Waals surface area contributed by atoms with E-state index in [0.717, 1.165) is 37.3 Å². The molecule has 1 aliphatic rings. The van der Waals surface area contributed by atoms with E-state index < -0.39 is 3.79 Å². The molecule has 2 aromatic rings. The molecule has 0 bridgehead atoms. The maximum absolute atomic E-state index is 6.39. The highest BCUT2D eigenvalue weighted by molar-refractivity contribution is 6.68. The summed E-state index contributed by atoms with van der Waals surface area (Å²) in [5.74, 6) is 0. The number of aryl methyl sites for hydroxylation is 2. The van der Waals surface area contributed by atoms with Gasteiger partial charge in [-0.05, 0) is 48.2 Å². The number of anilines is 2. The van der Waals surface area contributed by atoms with Crippen LogP contribution in [0, 0.1) is 0 Å². The van der Waals surface area contributed by atoms with Crippen LogP contribution in [0.5, 0.6) is 0 Å². The normalized spacial score (nSPS) is 15.9. The third kappa shape index (κ3) is 4.02. The van der Waals surface area contributed by atoms with E-state index in [0.29, 0.717) is 0 Å². The van der Waals surface area contributed by atoms with Crippen LogP contribution in [0.3, 0.4) is 0 Å². The van der Waals surface area contributed by atoms with Crippen molar-refractivity contribution in [1.29, 1.82) is 0 Å². The molecular formula is C20H23Cl3N2. The summed E-state index contributed by atoms with van der Waals surface area (Å²) in [7, 11) is 0. The average molecular weight is 398 g/mol. The SMILES string of the molecule is CCc1ccc(N2CCN(c3ccc(CC)cc3)C2C(Cl)(Cl)Cl)cc1. The summed E-state index contributed by atoms with van der Waals surface area (Å²) in [5, 5.41) is 0. The second-order valence-corrected chi connectivity index (χ2v) is 8.71. The predicted octanol–water partition coefficient (Wildman–Crippen LogP) is 5.83. The highest BCUT2D eigenvalue weighted by Gasteiger charge is 2.45. The molecule has 0 atom stereocenters. The fourth-order valence-corrected chi connectivity index (χ4v) is 4.08. The Labute approximate surface area is 165 Å². The van der Waals surface area contributed by atoms with Gasteiger partial charge in [-0.3, -0.25) is 0 Å². The lowest BCUT2D eigenvalue weighted by Crippen LogP contribution is -2.48. The van der Waals surface area contributed by atoms with E-state index in [-0.39, 0.29) is 6.17 Å². The van der Waals surface area contributed by atoms with Gasteiger partial charge in [-0.1, -0.05) is 72.9 Å². The molecule has 1 aliphatic heterocycles. The Hall–Kier alpha value is -1.09.